The largest absolute Gasteiger partial charge is 0.356 e. The second-order valence-corrected chi connectivity index (χ2v) is 5.35. The predicted molar refractivity (Wildman–Crippen MR) is 69.7 cm³/mol. The minimum Gasteiger partial charge on any atom is -0.356 e. The van der Waals surface area contributed by atoms with Gasteiger partial charge in [-0.3, -0.25) is 4.79 Å². The van der Waals surface area contributed by atoms with Crippen LogP contribution in [0.5, 0.6) is 0 Å². The highest BCUT2D eigenvalue weighted by molar-refractivity contribution is 5.76. The fourth-order valence-corrected chi connectivity index (χ4v) is 2.72. The molecule has 1 unspecified atom stereocenters. The zero-order chi connectivity index (χ0) is 11.9. The topological polar surface area (TPSA) is 41.1 Å². The van der Waals surface area contributed by atoms with E-state index in [0.29, 0.717) is 11.8 Å². The minimum absolute atomic E-state index is 0.256. The molecule has 2 aliphatic rings. The lowest BCUT2D eigenvalue weighted by atomic mass is 9.93. The van der Waals surface area contributed by atoms with E-state index >= 15 is 0 Å². The second-order valence-electron chi connectivity index (χ2n) is 5.35. The van der Waals surface area contributed by atoms with Crippen LogP contribution in [0.25, 0.3) is 0 Å². The first-order valence-corrected chi connectivity index (χ1v) is 6.97. The molecule has 0 saturated carbocycles. The van der Waals surface area contributed by atoms with Crippen LogP contribution in [-0.2, 0) is 4.79 Å². The fraction of sp³-hybridized carbons (Fsp3) is 0.786. The van der Waals surface area contributed by atoms with Crippen molar-refractivity contribution in [2.75, 3.05) is 19.6 Å². The molecule has 1 amide bonds. The van der Waals surface area contributed by atoms with Gasteiger partial charge in [-0.05, 0) is 57.0 Å². The lowest BCUT2D eigenvalue weighted by Crippen LogP contribution is -2.34. The molecule has 1 aliphatic heterocycles. The van der Waals surface area contributed by atoms with Gasteiger partial charge in [0.2, 0.25) is 5.91 Å². The number of carbonyl (C=O) groups is 1. The molecule has 1 heterocycles. The Balaban J connectivity index is 1.61. The second kappa shape index (κ2) is 6.80. The number of piperidine rings is 1. The molecule has 1 saturated heterocycles. The van der Waals surface area contributed by atoms with Gasteiger partial charge < -0.3 is 10.6 Å². The normalized spacial score (nSPS) is 25.8. The maximum atomic E-state index is 11.8. The van der Waals surface area contributed by atoms with Gasteiger partial charge in [0.25, 0.3) is 0 Å². The number of amides is 1. The molecule has 3 heteroatoms. The summed E-state index contributed by atoms with van der Waals surface area (Å²) < 4.78 is 0. The summed E-state index contributed by atoms with van der Waals surface area (Å²) in [5, 5.41) is 6.44. The van der Waals surface area contributed by atoms with Gasteiger partial charge in [-0.15, -0.1) is 0 Å². The molecule has 2 rings (SSSR count). The van der Waals surface area contributed by atoms with Crippen molar-refractivity contribution in [3.05, 3.63) is 12.2 Å². The Morgan fingerprint density at radius 1 is 1.18 bits per heavy atom. The Bertz CT molecular complexity index is 269. The van der Waals surface area contributed by atoms with Gasteiger partial charge in [-0.1, -0.05) is 12.2 Å². The van der Waals surface area contributed by atoms with E-state index in [4.69, 9.17) is 0 Å². The van der Waals surface area contributed by atoms with E-state index in [1.165, 1.54) is 12.8 Å². The summed E-state index contributed by atoms with van der Waals surface area (Å²) in [4.78, 5) is 11.8. The van der Waals surface area contributed by atoms with Crippen molar-refractivity contribution < 1.29 is 4.79 Å². The smallest absolute Gasteiger partial charge is 0.220 e. The molecule has 1 aliphatic carbocycles. The van der Waals surface area contributed by atoms with Crippen LogP contribution < -0.4 is 10.6 Å². The van der Waals surface area contributed by atoms with E-state index < -0.39 is 0 Å². The standard InChI is InChI=1S/C14H24N2O/c17-14(10-12-6-8-15-9-7-12)16-11-13-4-2-1-3-5-13/h1-2,12-13,15H,3-11H2,(H,16,17). The fourth-order valence-electron chi connectivity index (χ4n) is 2.72. The molecule has 3 nitrogen and oxygen atoms in total. The van der Waals surface area contributed by atoms with E-state index in [-0.39, 0.29) is 5.91 Å². The minimum atomic E-state index is 0.256. The maximum Gasteiger partial charge on any atom is 0.220 e. The van der Waals surface area contributed by atoms with Gasteiger partial charge in [0.05, 0.1) is 0 Å². The Morgan fingerprint density at radius 2 is 2.00 bits per heavy atom. The van der Waals surface area contributed by atoms with Crippen molar-refractivity contribution in [3.63, 3.8) is 0 Å². The van der Waals surface area contributed by atoms with Gasteiger partial charge in [0.1, 0.15) is 0 Å². The summed E-state index contributed by atoms with van der Waals surface area (Å²) in [6.45, 7) is 3.02. The number of hydrogen-bond acceptors (Lipinski definition) is 2. The number of hydrogen-bond donors (Lipinski definition) is 2. The highest BCUT2D eigenvalue weighted by Gasteiger charge is 2.17. The van der Waals surface area contributed by atoms with Gasteiger partial charge in [0.15, 0.2) is 0 Å². The zero-order valence-corrected chi connectivity index (χ0v) is 10.6. The summed E-state index contributed by atoms with van der Waals surface area (Å²) in [6, 6.07) is 0. The number of allylic oxidation sites excluding steroid dienone is 2. The van der Waals surface area contributed by atoms with Crippen LogP contribution in [0.1, 0.15) is 38.5 Å². The van der Waals surface area contributed by atoms with Crippen molar-refractivity contribution in [3.8, 4) is 0 Å². The molecule has 1 fully saturated rings. The van der Waals surface area contributed by atoms with Crippen LogP contribution in [-0.4, -0.2) is 25.5 Å². The van der Waals surface area contributed by atoms with E-state index in [1.807, 2.05) is 0 Å². The van der Waals surface area contributed by atoms with Crippen LogP contribution in [0.15, 0.2) is 12.2 Å². The third-order valence-electron chi connectivity index (χ3n) is 3.90. The molecular formula is C14H24N2O. The molecule has 0 bridgehead atoms. The van der Waals surface area contributed by atoms with Crippen LogP contribution in [0, 0.1) is 11.8 Å². The molecule has 0 aromatic rings. The Kier molecular flexibility index (Phi) is 5.05. The van der Waals surface area contributed by atoms with E-state index in [2.05, 4.69) is 22.8 Å². The van der Waals surface area contributed by atoms with Gasteiger partial charge in [-0.25, -0.2) is 0 Å². The number of nitrogens with one attached hydrogen (secondary N) is 2. The summed E-state index contributed by atoms with van der Waals surface area (Å²) in [5.74, 6) is 1.52. The quantitative estimate of drug-likeness (QED) is 0.731. The van der Waals surface area contributed by atoms with Crippen molar-refractivity contribution in [2.45, 2.75) is 38.5 Å². The van der Waals surface area contributed by atoms with E-state index in [9.17, 15) is 4.79 Å². The molecular weight excluding hydrogens is 212 g/mol. The van der Waals surface area contributed by atoms with Crippen molar-refractivity contribution >= 4 is 5.91 Å². The lowest BCUT2D eigenvalue weighted by Gasteiger charge is -2.23. The Hall–Kier alpha value is -0.830. The van der Waals surface area contributed by atoms with Gasteiger partial charge in [0, 0.05) is 13.0 Å². The first-order valence-electron chi connectivity index (χ1n) is 6.97. The SMILES string of the molecule is O=C(CC1CCNCC1)NCC1CC=CCC1. The molecule has 0 spiro atoms. The summed E-state index contributed by atoms with van der Waals surface area (Å²) in [5.41, 5.74) is 0. The number of carbonyl (C=O) groups excluding carboxylic acids is 1. The monoisotopic (exact) mass is 236 g/mol. The summed E-state index contributed by atoms with van der Waals surface area (Å²) in [7, 11) is 0. The van der Waals surface area contributed by atoms with Crippen molar-refractivity contribution in [2.24, 2.45) is 11.8 Å². The van der Waals surface area contributed by atoms with Crippen LogP contribution in [0.4, 0.5) is 0 Å². The van der Waals surface area contributed by atoms with E-state index in [1.54, 1.807) is 0 Å². The van der Waals surface area contributed by atoms with Crippen LogP contribution in [0.3, 0.4) is 0 Å². The third-order valence-corrected chi connectivity index (χ3v) is 3.90. The molecule has 2 N–H and O–H groups in total. The molecule has 96 valence electrons. The highest BCUT2D eigenvalue weighted by Crippen LogP contribution is 2.18. The molecule has 17 heavy (non-hydrogen) atoms. The maximum absolute atomic E-state index is 11.8. The summed E-state index contributed by atoms with van der Waals surface area (Å²) >= 11 is 0. The average molecular weight is 236 g/mol. The van der Waals surface area contributed by atoms with Gasteiger partial charge >= 0.3 is 0 Å². The molecule has 0 aromatic heterocycles. The van der Waals surface area contributed by atoms with Crippen LogP contribution in [0.2, 0.25) is 0 Å². The third kappa shape index (κ3) is 4.50. The molecule has 1 atom stereocenters. The first kappa shape index (κ1) is 12.6. The Morgan fingerprint density at radius 3 is 2.71 bits per heavy atom. The molecule has 0 radical (unpaired) electrons. The van der Waals surface area contributed by atoms with Gasteiger partial charge in [-0.2, -0.15) is 0 Å². The number of rotatable bonds is 4. The summed E-state index contributed by atoms with van der Waals surface area (Å²) in [6.07, 6.45) is 11.1. The predicted octanol–water partition coefficient (Wildman–Crippen LogP) is 1.85. The Labute approximate surface area is 104 Å². The lowest BCUT2D eigenvalue weighted by molar-refractivity contribution is -0.122. The van der Waals surface area contributed by atoms with E-state index in [0.717, 1.165) is 45.3 Å². The zero-order valence-electron chi connectivity index (χ0n) is 10.6. The highest BCUT2D eigenvalue weighted by atomic mass is 16.1. The van der Waals surface area contributed by atoms with Crippen molar-refractivity contribution in [1.82, 2.24) is 10.6 Å². The van der Waals surface area contributed by atoms with Crippen molar-refractivity contribution in [1.29, 1.82) is 0 Å². The van der Waals surface area contributed by atoms with Crippen LogP contribution >= 0.6 is 0 Å². The molecule has 0 aromatic carbocycles. The average Bonchev–Trinajstić information content (AvgIpc) is 2.39. The first-order chi connectivity index (χ1) is 8.34.